The van der Waals surface area contributed by atoms with Crippen LogP contribution in [0.1, 0.15) is 12.5 Å². The predicted molar refractivity (Wildman–Crippen MR) is 139 cm³/mol. The lowest BCUT2D eigenvalue weighted by Gasteiger charge is -2.08. The van der Waals surface area contributed by atoms with Crippen molar-refractivity contribution < 1.29 is 14.3 Å². The van der Waals surface area contributed by atoms with Crippen LogP contribution in [0.25, 0.3) is 23.0 Å². The van der Waals surface area contributed by atoms with Gasteiger partial charge in [-0.15, -0.1) is 0 Å². The number of ether oxygens (including phenoxy) is 1. The van der Waals surface area contributed by atoms with E-state index >= 15 is 0 Å². The standard InChI is InChI=1S/C27H23ClN4O3/c1-18(33)29-24-14-13-20(16-23(24)28)30-26(34)15-12-19-17-32(21-8-4-3-5-9-21)31-27(19)22-10-6-7-11-25(22)35-2/h3-17H,1-2H3,(H,29,33)(H,30,34)/b15-12+. The average Bonchev–Trinajstić information content (AvgIpc) is 3.29. The number of carbonyl (C=O) groups excluding carboxylic acids is 2. The summed E-state index contributed by atoms with van der Waals surface area (Å²) in [6.07, 6.45) is 5.00. The number of hydrogen-bond donors (Lipinski definition) is 2. The smallest absolute Gasteiger partial charge is 0.248 e. The fourth-order valence-electron chi connectivity index (χ4n) is 3.51. The van der Waals surface area contributed by atoms with Crippen molar-refractivity contribution in [2.75, 3.05) is 17.7 Å². The molecule has 0 fully saturated rings. The van der Waals surface area contributed by atoms with Crippen molar-refractivity contribution >= 4 is 40.9 Å². The van der Waals surface area contributed by atoms with Crippen LogP contribution in [0.4, 0.5) is 11.4 Å². The predicted octanol–water partition coefficient (Wildman–Crippen LogP) is 5.81. The molecular formula is C27H23ClN4O3. The summed E-state index contributed by atoms with van der Waals surface area (Å²) in [6.45, 7) is 1.40. The average molecular weight is 487 g/mol. The number of para-hydroxylation sites is 2. The first-order valence-corrected chi connectivity index (χ1v) is 11.2. The fraction of sp³-hybridized carbons (Fsp3) is 0.0741. The molecule has 0 unspecified atom stereocenters. The second-order valence-corrected chi connectivity index (χ2v) is 8.02. The number of nitrogens with zero attached hydrogens (tertiary/aromatic N) is 2. The third-order valence-corrected chi connectivity index (χ3v) is 5.40. The maximum Gasteiger partial charge on any atom is 0.248 e. The minimum atomic E-state index is -0.341. The third-order valence-electron chi connectivity index (χ3n) is 5.09. The number of nitrogens with one attached hydrogen (secondary N) is 2. The quantitative estimate of drug-likeness (QED) is 0.323. The lowest BCUT2D eigenvalue weighted by molar-refractivity contribution is -0.114. The van der Waals surface area contributed by atoms with Crippen molar-refractivity contribution in [3.8, 4) is 22.7 Å². The van der Waals surface area contributed by atoms with Crippen LogP contribution >= 0.6 is 11.6 Å². The summed E-state index contributed by atoms with van der Waals surface area (Å²) in [5.74, 6) is 0.110. The summed E-state index contributed by atoms with van der Waals surface area (Å²) >= 11 is 6.20. The number of benzene rings is 3. The Morgan fingerprint density at radius 1 is 1.00 bits per heavy atom. The molecular weight excluding hydrogens is 464 g/mol. The summed E-state index contributed by atoms with van der Waals surface area (Å²) in [5.41, 5.74) is 4.10. The molecule has 4 rings (SSSR count). The van der Waals surface area contributed by atoms with Gasteiger partial charge >= 0.3 is 0 Å². The molecule has 4 aromatic rings. The molecule has 2 N–H and O–H groups in total. The Labute approximate surface area is 208 Å². The van der Waals surface area contributed by atoms with E-state index in [1.807, 2.05) is 60.8 Å². The molecule has 0 aliphatic rings. The molecule has 0 radical (unpaired) electrons. The molecule has 7 nitrogen and oxygen atoms in total. The van der Waals surface area contributed by atoms with E-state index in [1.165, 1.54) is 13.0 Å². The van der Waals surface area contributed by atoms with Gasteiger partial charge in [-0.05, 0) is 48.5 Å². The Bertz CT molecular complexity index is 1400. The summed E-state index contributed by atoms with van der Waals surface area (Å²) in [5, 5.41) is 10.5. The van der Waals surface area contributed by atoms with Gasteiger partial charge in [0.2, 0.25) is 11.8 Å². The zero-order chi connectivity index (χ0) is 24.8. The summed E-state index contributed by atoms with van der Waals surface area (Å²) in [4.78, 5) is 23.9. The highest BCUT2D eigenvalue weighted by Crippen LogP contribution is 2.32. The number of aromatic nitrogens is 2. The van der Waals surface area contributed by atoms with Crippen LogP contribution in [0.5, 0.6) is 5.75 Å². The van der Waals surface area contributed by atoms with Crippen molar-refractivity contribution in [1.29, 1.82) is 0 Å². The maximum atomic E-state index is 12.6. The molecule has 1 aromatic heterocycles. The number of hydrogen-bond acceptors (Lipinski definition) is 4. The zero-order valence-electron chi connectivity index (χ0n) is 19.2. The lowest BCUT2D eigenvalue weighted by Crippen LogP contribution is -2.09. The first-order chi connectivity index (χ1) is 16.9. The first-order valence-electron chi connectivity index (χ1n) is 10.8. The van der Waals surface area contributed by atoms with E-state index in [2.05, 4.69) is 10.6 Å². The van der Waals surface area contributed by atoms with Crippen LogP contribution in [-0.2, 0) is 9.59 Å². The second-order valence-electron chi connectivity index (χ2n) is 7.61. The Balaban J connectivity index is 1.62. The number of carbonyl (C=O) groups is 2. The topological polar surface area (TPSA) is 85.2 Å². The monoisotopic (exact) mass is 486 g/mol. The van der Waals surface area contributed by atoms with Crippen LogP contribution in [-0.4, -0.2) is 28.7 Å². The van der Waals surface area contributed by atoms with Gasteiger partial charge in [0, 0.05) is 36.0 Å². The van der Waals surface area contributed by atoms with Gasteiger partial charge in [0.25, 0.3) is 0 Å². The minimum Gasteiger partial charge on any atom is -0.496 e. The zero-order valence-corrected chi connectivity index (χ0v) is 19.9. The molecule has 176 valence electrons. The number of rotatable bonds is 7. The highest BCUT2D eigenvalue weighted by atomic mass is 35.5. The molecule has 35 heavy (non-hydrogen) atoms. The van der Waals surface area contributed by atoms with Crippen LogP contribution in [0, 0.1) is 0 Å². The van der Waals surface area contributed by atoms with Gasteiger partial charge in [-0.25, -0.2) is 4.68 Å². The van der Waals surface area contributed by atoms with Crippen LogP contribution in [0.15, 0.2) is 85.1 Å². The SMILES string of the molecule is COc1ccccc1-c1nn(-c2ccccc2)cc1/C=C/C(=O)Nc1ccc(NC(C)=O)c(Cl)c1. The highest BCUT2D eigenvalue weighted by molar-refractivity contribution is 6.34. The Hall–Kier alpha value is -4.36. The number of methoxy groups -OCH3 is 1. The van der Waals surface area contributed by atoms with Gasteiger partial charge in [0.15, 0.2) is 0 Å². The number of amides is 2. The van der Waals surface area contributed by atoms with E-state index in [0.717, 1.165) is 16.8 Å². The van der Waals surface area contributed by atoms with Crippen molar-refractivity contribution in [3.63, 3.8) is 0 Å². The molecule has 8 heteroatoms. The van der Waals surface area contributed by atoms with Gasteiger partial charge in [-0.3, -0.25) is 9.59 Å². The van der Waals surface area contributed by atoms with Gasteiger partial charge < -0.3 is 15.4 Å². The van der Waals surface area contributed by atoms with Crippen LogP contribution in [0.3, 0.4) is 0 Å². The third kappa shape index (κ3) is 5.77. The number of anilines is 2. The van der Waals surface area contributed by atoms with Crippen molar-refractivity contribution in [1.82, 2.24) is 9.78 Å². The molecule has 0 bridgehead atoms. The lowest BCUT2D eigenvalue weighted by atomic mass is 10.1. The fourth-order valence-corrected chi connectivity index (χ4v) is 3.73. The Kier molecular flexibility index (Phi) is 7.28. The highest BCUT2D eigenvalue weighted by Gasteiger charge is 2.15. The van der Waals surface area contributed by atoms with E-state index in [9.17, 15) is 9.59 Å². The second kappa shape index (κ2) is 10.7. The molecule has 0 saturated carbocycles. The number of halogens is 1. The Morgan fingerprint density at radius 3 is 2.46 bits per heavy atom. The molecule has 0 aliphatic heterocycles. The normalized spacial score (nSPS) is 10.8. The molecule has 0 atom stereocenters. The van der Waals surface area contributed by atoms with E-state index in [4.69, 9.17) is 21.4 Å². The van der Waals surface area contributed by atoms with E-state index in [0.29, 0.717) is 27.8 Å². The molecule has 1 heterocycles. The van der Waals surface area contributed by atoms with E-state index in [-0.39, 0.29) is 11.8 Å². The van der Waals surface area contributed by atoms with E-state index < -0.39 is 0 Å². The molecule has 3 aromatic carbocycles. The first kappa shape index (κ1) is 23.8. The van der Waals surface area contributed by atoms with E-state index in [1.54, 1.807) is 36.1 Å². The summed E-state index contributed by atoms with van der Waals surface area (Å²) in [6, 6.07) is 22.2. The summed E-state index contributed by atoms with van der Waals surface area (Å²) < 4.78 is 7.29. The molecule has 0 saturated heterocycles. The van der Waals surface area contributed by atoms with Crippen molar-refractivity contribution in [2.45, 2.75) is 6.92 Å². The summed E-state index contributed by atoms with van der Waals surface area (Å²) in [7, 11) is 1.61. The minimum absolute atomic E-state index is 0.228. The molecule has 2 amide bonds. The van der Waals surface area contributed by atoms with Crippen molar-refractivity contribution in [2.24, 2.45) is 0 Å². The Morgan fingerprint density at radius 2 is 1.74 bits per heavy atom. The van der Waals surface area contributed by atoms with Gasteiger partial charge in [0.1, 0.15) is 11.4 Å². The van der Waals surface area contributed by atoms with Crippen LogP contribution < -0.4 is 15.4 Å². The van der Waals surface area contributed by atoms with Crippen molar-refractivity contribution in [3.05, 3.63) is 95.7 Å². The molecule has 0 aliphatic carbocycles. The van der Waals surface area contributed by atoms with Gasteiger partial charge in [-0.1, -0.05) is 41.9 Å². The maximum absolute atomic E-state index is 12.6. The van der Waals surface area contributed by atoms with Gasteiger partial charge in [0.05, 0.1) is 23.5 Å². The van der Waals surface area contributed by atoms with Crippen LogP contribution in [0.2, 0.25) is 5.02 Å². The largest absolute Gasteiger partial charge is 0.496 e. The molecule has 0 spiro atoms. The van der Waals surface area contributed by atoms with Gasteiger partial charge in [-0.2, -0.15) is 5.10 Å².